The SMILES string of the molecule is Cn1c(=O)n(-c2ccccc2)n(-c2ccccc2)c1=O. The van der Waals surface area contributed by atoms with E-state index < -0.39 is 0 Å². The molecule has 0 aliphatic carbocycles. The summed E-state index contributed by atoms with van der Waals surface area (Å²) in [4.78, 5) is 24.6. The van der Waals surface area contributed by atoms with Crippen LogP contribution in [0.1, 0.15) is 0 Å². The van der Waals surface area contributed by atoms with Crippen molar-refractivity contribution in [3.05, 3.63) is 81.6 Å². The molecule has 0 spiro atoms. The second kappa shape index (κ2) is 4.70. The van der Waals surface area contributed by atoms with Crippen LogP contribution in [0.2, 0.25) is 0 Å². The molecule has 5 heteroatoms. The van der Waals surface area contributed by atoms with Crippen molar-refractivity contribution in [2.75, 3.05) is 0 Å². The van der Waals surface area contributed by atoms with Gasteiger partial charge in [-0.2, -0.15) is 9.36 Å². The first kappa shape index (κ1) is 12.2. The Morgan fingerprint density at radius 1 is 0.650 bits per heavy atom. The molecule has 0 bridgehead atoms. The summed E-state index contributed by atoms with van der Waals surface area (Å²) in [6.07, 6.45) is 0. The second-order valence-electron chi connectivity index (χ2n) is 4.42. The third-order valence-electron chi connectivity index (χ3n) is 3.14. The lowest BCUT2D eigenvalue weighted by molar-refractivity contribution is 0.706. The number of para-hydroxylation sites is 2. The van der Waals surface area contributed by atoms with Gasteiger partial charge in [0.15, 0.2) is 0 Å². The molecule has 0 saturated carbocycles. The van der Waals surface area contributed by atoms with Gasteiger partial charge >= 0.3 is 11.4 Å². The van der Waals surface area contributed by atoms with Crippen molar-refractivity contribution in [1.29, 1.82) is 0 Å². The minimum atomic E-state index is -0.370. The van der Waals surface area contributed by atoms with E-state index in [-0.39, 0.29) is 11.4 Å². The summed E-state index contributed by atoms with van der Waals surface area (Å²) in [6, 6.07) is 18.2. The molecule has 0 aliphatic heterocycles. The highest BCUT2D eigenvalue weighted by molar-refractivity contribution is 5.35. The van der Waals surface area contributed by atoms with Gasteiger partial charge in [0.2, 0.25) is 0 Å². The van der Waals surface area contributed by atoms with Crippen LogP contribution in [0.25, 0.3) is 11.4 Å². The van der Waals surface area contributed by atoms with Gasteiger partial charge in [0, 0.05) is 7.05 Å². The summed E-state index contributed by atoms with van der Waals surface area (Å²) >= 11 is 0. The average molecular weight is 267 g/mol. The van der Waals surface area contributed by atoms with Crippen LogP contribution in [0.3, 0.4) is 0 Å². The Kier molecular flexibility index (Phi) is 2.87. The zero-order valence-electron chi connectivity index (χ0n) is 10.9. The molecule has 0 saturated heterocycles. The van der Waals surface area contributed by atoms with E-state index in [4.69, 9.17) is 0 Å². The topological polar surface area (TPSA) is 48.9 Å². The lowest BCUT2D eigenvalue weighted by atomic mass is 10.3. The van der Waals surface area contributed by atoms with E-state index in [1.54, 1.807) is 24.3 Å². The Morgan fingerprint density at radius 3 is 1.35 bits per heavy atom. The van der Waals surface area contributed by atoms with Crippen molar-refractivity contribution in [2.24, 2.45) is 7.05 Å². The predicted octanol–water partition coefficient (Wildman–Crippen LogP) is 1.33. The van der Waals surface area contributed by atoms with Crippen molar-refractivity contribution in [1.82, 2.24) is 13.9 Å². The van der Waals surface area contributed by atoms with Crippen LogP contribution in [0.15, 0.2) is 70.3 Å². The third kappa shape index (κ3) is 1.80. The quantitative estimate of drug-likeness (QED) is 0.703. The molecule has 1 aromatic heterocycles. The van der Waals surface area contributed by atoms with Gasteiger partial charge in [-0.25, -0.2) is 14.2 Å². The first-order chi connectivity index (χ1) is 9.70. The van der Waals surface area contributed by atoms with Gasteiger partial charge in [-0.1, -0.05) is 36.4 Å². The zero-order valence-corrected chi connectivity index (χ0v) is 10.9. The van der Waals surface area contributed by atoms with Crippen molar-refractivity contribution < 1.29 is 0 Å². The van der Waals surface area contributed by atoms with Crippen LogP contribution in [-0.2, 0) is 7.05 Å². The normalized spacial score (nSPS) is 10.7. The number of hydrogen-bond donors (Lipinski definition) is 0. The fourth-order valence-corrected chi connectivity index (χ4v) is 2.13. The van der Waals surface area contributed by atoms with Crippen molar-refractivity contribution in [3.63, 3.8) is 0 Å². The maximum absolute atomic E-state index is 12.3. The summed E-state index contributed by atoms with van der Waals surface area (Å²) in [6.45, 7) is 0. The minimum absolute atomic E-state index is 0.370. The molecule has 0 N–H and O–H groups in total. The Balaban J connectivity index is 2.39. The van der Waals surface area contributed by atoms with E-state index >= 15 is 0 Å². The van der Waals surface area contributed by atoms with Crippen molar-refractivity contribution in [2.45, 2.75) is 0 Å². The largest absolute Gasteiger partial charge is 0.352 e. The summed E-state index contributed by atoms with van der Waals surface area (Å²) < 4.78 is 3.84. The van der Waals surface area contributed by atoms with E-state index in [9.17, 15) is 9.59 Å². The lowest BCUT2D eigenvalue weighted by Gasteiger charge is -2.08. The number of hydrogen-bond acceptors (Lipinski definition) is 2. The highest BCUT2D eigenvalue weighted by Gasteiger charge is 2.15. The monoisotopic (exact) mass is 267 g/mol. The van der Waals surface area contributed by atoms with Crippen molar-refractivity contribution in [3.8, 4) is 11.4 Å². The summed E-state index contributed by atoms with van der Waals surface area (Å²) in [5.41, 5.74) is 0.563. The van der Waals surface area contributed by atoms with Crippen LogP contribution >= 0.6 is 0 Å². The van der Waals surface area contributed by atoms with Gasteiger partial charge in [0.05, 0.1) is 11.4 Å². The molecule has 20 heavy (non-hydrogen) atoms. The van der Waals surface area contributed by atoms with E-state index in [1.807, 2.05) is 36.4 Å². The molecule has 3 rings (SSSR count). The molecule has 0 unspecified atom stereocenters. The molecule has 1 heterocycles. The van der Waals surface area contributed by atoms with Crippen LogP contribution < -0.4 is 11.4 Å². The molecular formula is C15H13N3O2. The summed E-state index contributed by atoms with van der Waals surface area (Å²) in [7, 11) is 1.48. The van der Waals surface area contributed by atoms with Gasteiger partial charge in [-0.15, -0.1) is 0 Å². The molecule has 0 amide bonds. The number of benzene rings is 2. The maximum Gasteiger partial charge on any atom is 0.352 e. The predicted molar refractivity (Wildman–Crippen MR) is 76.6 cm³/mol. The van der Waals surface area contributed by atoms with E-state index in [0.717, 1.165) is 4.57 Å². The smallest absolute Gasteiger partial charge is 0.245 e. The average Bonchev–Trinajstić information content (AvgIpc) is 2.73. The highest BCUT2D eigenvalue weighted by Crippen LogP contribution is 2.08. The van der Waals surface area contributed by atoms with Gasteiger partial charge in [-0.3, -0.25) is 0 Å². The number of nitrogens with zero attached hydrogens (tertiary/aromatic N) is 3. The van der Waals surface area contributed by atoms with E-state index in [1.165, 1.54) is 16.4 Å². The van der Waals surface area contributed by atoms with Gasteiger partial charge in [-0.05, 0) is 24.3 Å². The first-order valence-corrected chi connectivity index (χ1v) is 6.22. The van der Waals surface area contributed by atoms with Crippen LogP contribution in [0, 0.1) is 0 Å². The standard InChI is InChI=1S/C15H13N3O2/c1-16-14(19)17(12-8-4-2-5-9-12)18(15(16)20)13-10-6-3-7-11-13/h2-11H,1H3. The Bertz CT molecular complexity index is 771. The molecule has 0 radical (unpaired) electrons. The first-order valence-electron chi connectivity index (χ1n) is 6.22. The van der Waals surface area contributed by atoms with Crippen LogP contribution in [0.5, 0.6) is 0 Å². The van der Waals surface area contributed by atoms with Gasteiger partial charge in [0.1, 0.15) is 0 Å². The molecule has 0 aliphatic rings. The zero-order chi connectivity index (χ0) is 14.1. The minimum Gasteiger partial charge on any atom is -0.245 e. The Morgan fingerprint density at radius 2 is 1.00 bits per heavy atom. The van der Waals surface area contributed by atoms with Gasteiger partial charge in [0.25, 0.3) is 0 Å². The third-order valence-corrected chi connectivity index (χ3v) is 3.14. The molecule has 2 aromatic carbocycles. The van der Waals surface area contributed by atoms with E-state index in [0.29, 0.717) is 11.4 Å². The second-order valence-corrected chi connectivity index (χ2v) is 4.42. The number of rotatable bonds is 2. The summed E-state index contributed by atoms with van der Waals surface area (Å²) in [5.74, 6) is 0. The fraction of sp³-hybridized carbons (Fsp3) is 0.0667. The molecule has 100 valence electrons. The maximum atomic E-state index is 12.3. The Labute approximate surface area is 114 Å². The van der Waals surface area contributed by atoms with E-state index in [2.05, 4.69) is 0 Å². The lowest BCUT2D eigenvalue weighted by Crippen LogP contribution is -2.25. The molecule has 5 nitrogen and oxygen atoms in total. The molecular weight excluding hydrogens is 254 g/mol. The summed E-state index contributed by atoms with van der Waals surface area (Å²) in [5, 5.41) is 0. The van der Waals surface area contributed by atoms with Crippen LogP contribution in [-0.4, -0.2) is 13.9 Å². The molecule has 0 atom stereocenters. The van der Waals surface area contributed by atoms with Crippen LogP contribution in [0.4, 0.5) is 0 Å². The molecule has 0 fully saturated rings. The van der Waals surface area contributed by atoms with Gasteiger partial charge < -0.3 is 0 Å². The fourth-order valence-electron chi connectivity index (χ4n) is 2.13. The highest BCUT2D eigenvalue weighted by atomic mass is 16.2. The number of aromatic nitrogens is 3. The molecule has 3 aromatic rings. The van der Waals surface area contributed by atoms with Crippen molar-refractivity contribution >= 4 is 0 Å². The Hall–Kier alpha value is -2.82.